The number of benzene rings is 1. The average molecular weight is 468 g/mol. The van der Waals surface area contributed by atoms with Gasteiger partial charge < -0.3 is 15.8 Å². The number of carbonyl (C=O) groups excluding carboxylic acids is 1. The summed E-state index contributed by atoms with van der Waals surface area (Å²) in [6.45, 7) is 0.445. The van der Waals surface area contributed by atoms with E-state index in [-0.39, 0.29) is 12.2 Å². The van der Waals surface area contributed by atoms with Gasteiger partial charge in [0.1, 0.15) is 16.6 Å². The van der Waals surface area contributed by atoms with Gasteiger partial charge in [-0.15, -0.1) is 23.4 Å². The van der Waals surface area contributed by atoms with Gasteiger partial charge in [-0.3, -0.25) is 9.36 Å². The second-order valence-electron chi connectivity index (χ2n) is 6.70. The van der Waals surface area contributed by atoms with Gasteiger partial charge >= 0.3 is 12.1 Å². The lowest BCUT2D eigenvalue weighted by molar-refractivity contribution is -0.274. The maximum absolute atomic E-state index is 12.3. The van der Waals surface area contributed by atoms with Crippen molar-refractivity contribution in [2.75, 3.05) is 11.1 Å². The number of carbonyl (C=O) groups is 1. The van der Waals surface area contributed by atoms with E-state index in [9.17, 15) is 22.8 Å². The molecule has 0 saturated heterocycles. The van der Waals surface area contributed by atoms with Crippen LogP contribution in [0.5, 0.6) is 5.75 Å². The Kier molecular flexibility index (Phi) is 7.41. The standard InChI is InChI=1S/C19H19F3N6O3S/c20-19(21,22)31-13-5-3-4-12(10-13)11-15(29)24-14-7-9-28(18(30)25-14)8-2-1-6-16-26-27-17(23)32-16/h3-5,7,9-10H,1-2,6,8,11H2,(H2,23,27)(H,24,25,29,30). The zero-order valence-electron chi connectivity index (χ0n) is 16.6. The maximum Gasteiger partial charge on any atom is 0.573 e. The number of anilines is 2. The number of hydrogen-bond donors (Lipinski definition) is 2. The lowest BCUT2D eigenvalue weighted by Crippen LogP contribution is -2.25. The van der Waals surface area contributed by atoms with Crippen LogP contribution in [-0.2, 0) is 24.2 Å². The van der Waals surface area contributed by atoms with Gasteiger partial charge in [0.15, 0.2) is 0 Å². The fourth-order valence-corrected chi connectivity index (χ4v) is 3.47. The smallest absolute Gasteiger partial charge is 0.406 e. The summed E-state index contributed by atoms with van der Waals surface area (Å²) in [6, 6.07) is 6.58. The number of nitrogen functional groups attached to an aromatic ring is 1. The van der Waals surface area contributed by atoms with Crippen molar-refractivity contribution in [3.8, 4) is 5.75 Å². The molecule has 1 amide bonds. The van der Waals surface area contributed by atoms with E-state index < -0.39 is 23.7 Å². The Balaban J connectivity index is 1.50. The molecule has 0 bridgehead atoms. The van der Waals surface area contributed by atoms with Gasteiger partial charge in [-0.05, 0) is 36.6 Å². The predicted molar refractivity (Wildman–Crippen MR) is 111 cm³/mol. The minimum Gasteiger partial charge on any atom is -0.406 e. The fourth-order valence-electron chi connectivity index (χ4n) is 2.82. The third kappa shape index (κ3) is 7.34. The van der Waals surface area contributed by atoms with E-state index in [0.717, 1.165) is 23.6 Å². The molecule has 9 nitrogen and oxygen atoms in total. The summed E-state index contributed by atoms with van der Waals surface area (Å²) in [4.78, 5) is 28.2. The van der Waals surface area contributed by atoms with E-state index >= 15 is 0 Å². The zero-order valence-corrected chi connectivity index (χ0v) is 17.4. The van der Waals surface area contributed by atoms with Crippen LogP contribution in [0.15, 0.2) is 41.3 Å². The average Bonchev–Trinajstić information content (AvgIpc) is 3.10. The van der Waals surface area contributed by atoms with Crippen molar-refractivity contribution in [2.24, 2.45) is 0 Å². The second-order valence-corrected chi connectivity index (χ2v) is 7.79. The summed E-state index contributed by atoms with van der Waals surface area (Å²) in [5.74, 6) is -0.892. The summed E-state index contributed by atoms with van der Waals surface area (Å²) >= 11 is 1.33. The van der Waals surface area contributed by atoms with Gasteiger partial charge in [-0.1, -0.05) is 23.5 Å². The molecule has 3 N–H and O–H groups in total. The molecule has 0 radical (unpaired) electrons. The molecule has 170 valence electrons. The molecule has 0 unspecified atom stereocenters. The van der Waals surface area contributed by atoms with Gasteiger partial charge in [-0.2, -0.15) is 4.98 Å². The highest BCUT2D eigenvalue weighted by molar-refractivity contribution is 7.15. The molecule has 0 aliphatic rings. The Labute approximate surface area is 184 Å². The summed E-state index contributed by atoms with van der Waals surface area (Å²) in [7, 11) is 0. The van der Waals surface area contributed by atoms with Gasteiger partial charge in [0.05, 0.1) is 6.42 Å². The van der Waals surface area contributed by atoms with E-state index in [1.54, 1.807) is 0 Å². The number of aromatic nitrogens is 4. The highest BCUT2D eigenvalue weighted by Gasteiger charge is 2.31. The van der Waals surface area contributed by atoms with Crippen molar-refractivity contribution < 1.29 is 22.7 Å². The molecular weight excluding hydrogens is 449 g/mol. The highest BCUT2D eigenvalue weighted by Crippen LogP contribution is 2.23. The van der Waals surface area contributed by atoms with Crippen LogP contribution in [0.3, 0.4) is 0 Å². The van der Waals surface area contributed by atoms with Crippen molar-refractivity contribution in [1.82, 2.24) is 19.7 Å². The number of amides is 1. The van der Waals surface area contributed by atoms with Crippen molar-refractivity contribution in [3.05, 3.63) is 57.6 Å². The quantitative estimate of drug-likeness (QED) is 0.463. The molecule has 1 aromatic carbocycles. The SMILES string of the molecule is Nc1nnc(CCCCn2ccc(NC(=O)Cc3cccc(OC(F)(F)F)c3)nc2=O)s1. The lowest BCUT2D eigenvalue weighted by atomic mass is 10.1. The Bertz CT molecular complexity index is 1130. The Hall–Kier alpha value is -3.48. The molecule has 13 heteroatoms. The van der Waals surface area contributed by atoms with Gasteiger partial charge in [-0.25, -0.2) is 4.79 Å². The number of halogens is 3. The third-order valence-corrected chi connectivity index (χ3v) is 4.97. The molecule has 0 fully saturated rings. The van der Waals surface area contributed by atoms with Crippen LogP contribution in [0.2, 0.25) is 0 Å². The van der Waals surface area contributed by atoms with Crippen LogP contribution < -0.4 is 21.5 Å². The molecule has 0 aliphatic heterocycles. The van der Waals surface area contributed by atoms with E-state index in [1.165, 1.54) is 40.3 Å². The number of nitrogens with zero attached hydrogens (tertiary/aromatic N) is 4. The van der Waals surface area contributed by atoms with Crippen LogP contribution in [0, 0.1) is 0 Å². The van der Waals surface area contributed by atoms with Crippen LogP contribution in [0.1, 0.15) is 23.4 Å². The lowest BCUT2D eigenvalue weighted by Gasteiger charge is -2.10. The Morgan fingerprint density at radius 3 is 2.72 bits per heavy atom. The molecule has 2 aromatic heterocycles. The largest absolute Gasteiger partial charge is 0.573 e. The molecular formula is C19H19F3N6O3S. The van der Waals surface area contributed by atoms with Crippen LogP contribution in [0.4, 0.5) is 24.1 Å². The number of ether oxygens (including phenoxy) is 1. The van der Waals surface area contributed by atoms with Gasteiger partial charge in [0.25, 0.3) is 0 Å². The van der Waals surface area contributed by atoms with Crippen LogP contribution >= 0.6 is 11.3 Å². The van der Waals surface area contributed by atoms with E-state index in [2.05, 4.69) is 25.2 Å². The molecule has 3 aromatic rings. The molecule has 2 heterocycles. The number of rotatable bonds is 9. The van der Waals surface area contributed by atoms with Crippen molar-refractivity contribution in [1.29, 1.82) is 0 Å². The first-order valence-electron chi connectivity index (χ1n) is 9.48. The topological polar surface area (TPSA) is 125 Å². The zero-order chi connectivity index (χ0) is 23.1. The number of alkyl halides is 3. The first-order chi connectivity index (χ1) is 15.2. The first-order valence-corrected chi connectivity index (χ1v) is 10.3. The monoisotopic (exact) mass is 468 g/mol. The third-order valence-electron chi connectivity index (χ3n) is 4.16. The number of hydrogen-bond acceptors (Lipinski definition) is 8. The maximum atomic E-state index is 12.3. The van der Waals surface area contributed by atoms with E-state index in [0.29, 0.717) is 30.1 Å². The Morgan fingerprint density at radius 2 is 2.03 bits per heavy atom. The number of unbranched alkanes of at least 4 members (excludes halogenated alkanes) is 1. The van der Waals surface area contributed by atoms with Gasteiger partial charge in [0, 0.05) is 19.2 Å². The minimum absolute atomic E-state index is 0.0586. The van der Waals surface area contributed by atoms with Crippen LogP contribution in [-0.4, -0.2) is 32.0 Å². The second kappa shape index (κ2) is 10.2. The molecule has 0 aliphatic carbocycles. The van der Waals surface area contributed by atoms with Crippen molar-refractivity contribution >= 4 is 28.2 Å². The number of nitrogens with two attached hydrogens (primary N) is 1. The van der Waals surface area contributed by atoms with E-state index in [4.69, 9.17) is 5.73 Å². The molecule has 0 spiro atoms. The molecule has 3 rings (SSSR count). The molecule has 0 atom stereocenters. The number of aryl methyl sites for hydroxylation is 2. The minimum atomic E-state index is -4.82. The summed E-state index contributed by atoms with van der Waals surface area (Å²) < 4.78 is 42.2. The van der Waals surface area contributed by atoms with Crippen molar-refractivity contribution in [2.45, 2.75) is 38.6 Å². The van der Waals surface area contributed by atoms with Gasteiger partial charge in [0.2, 0.25) is 11.0 Å². The summed E-state index contributed by atoms with van der Waals surface area (Å²) in [5, 5.41) is 11.4. The van der Waals surface area contributed by atoms with E-state index in [1.807, 2.05) is 0 Å². The Morgan fingerprint density at radius 1 is 1.22 bits per heavy atom. The van der Waals surface area contributed by atoms with Crippen LogP contribution in [0.25, 0.3) is 0 Å². The fraction of sp³-hybridized carbons (Fsp3) is 0.316. The van der Waals surface area contributed by atoms with Crippen molar-refractivity contribution in [3.63, 3.8) is 0 Å². The first kappa shape index (κ1) is 23.2. The molecule has 0 saturated carbocycles. The summed E-state index contributed by atoms with van der Waals surface area (Å²) in [6.07, 6.45) is -1.30. The normalized spacial score (nSPS) is 11.3. The highest BCUT2D eigenvalue weighted by atomic mass is 32.1. The molecule has 32 heavy (non-hydrogen) atoms. The summed E-state index contributed by atoms with van der Waals surface area (Å²) in [5.41, 5.74) is 5.32. The number of nitrogens with one attached hydrogen (secondary N) is 1. The predicted octanol–water partition coefficient (Wildman–Crippen LogP) is 2.78.